The summed E-state index contributed by atoms with van der Waals surface area (Å²) in [5.74, 6) is 0.769. The van der Waals surface area contributed by atoms with Crippen LogP contribution in [0.5, 0.6) is 5.75 Å². The quantitative estimate of drug-likeness (QED) is 0.703. The minimum atomic E-state index is 0.0244. The van der Waals surface area contributed by atoms with E-state index in [1.807, 2.05) is 41.3 Å². The molecule has 0 atom stereocenters. The Labute approximate surface area is 150 Å². The van der Waals surface area contributed by atoms with Crippen LogP contribution in [0.2, 0.25) is 0 Å². The van der Waals surface area contributed by atoms with Crippen molar-refractivity contribution in [3.63, 3.8) is 0 Å². The first kappa shape index (κ1) is 16.7. The van der Waals surface area contributed by atoms with Crippen LogP contribution in [0.3, 0.4) is 0 Å². The number of amides is 1. The standard InChI is InChI=1S/C19H19BrN2O2/c1-24-18-6-3-16(20)12-15(18)2-7-19(23)22(17-4-5-17)13-14-8-10-21-11-9-14/h2-3,6-12,17H,4-5,13H2,1H3/b7-2+. The normalized spacial score (nSPS) is 13.9. The number of halogens is 1. The first-order valence-corrected chi connectivity index (χ1v) is 8.68. The molecule has 0 spiro atoms. The molecule has 124 valence electrons. The smallest absolute Gasteiger partial charge is 0.247 e. The van der Waals surface area contributed by atoms with Gasteiger partial charge in [0.2, 0.25) is 5.91 Å². The molecule has 5 heteroatoms. The highest BCUT2D eigenvalue weighted by Crippen LogP contribution is 2.29. The maximum Gasteiger partial charge on any atom is 0.247 e. The molecule has 2 aromatic rings. The molecule has 0 aliphatic heterocycles. The lowest BCUT2D eigenvalue weighted by atomic mass is 10.2. The van der Waals surface area contributed by atoms with E-state index < -0.39 is 0 Å². The Kier molecular flexibility index (Phi) is 5.30. The van der Waals surface area contributed by atoms with E-state index in [0.29, 0.717) is 12.6 Å². The lowest BCUT2D eigenvalue weighted by Gasteiger charge is -2.21. The van der Waals surface area contributed by atoms with Gasteiger partial charge in [0.05, 0.1) is 7.11 Å². The zero-order valence-electron chi connectivity index (χ0n) is 13.5. The third kappa shape index (κ3) is 4.23. The van der Waals surface area contributed by atoms with Gasteiger partial charge in [-0.3, -0.25) is 9.78 Å². The number of benzene rings is 1. The summed E-state index contributed by atoms with van der Waals surface area (Å²) in [4.78, 5) is 18.6. The van der Waals surface area contributed by atoms with Crippen LogP contribution in [-0.4, -0.2) is 28.9 Å². The fourth-order valence-corrected chi connectivity index (χ4v) is 2.93. The van der Waals surface area contributed by atoms with Crippen LogP contribution >= 0.6 is 15.9 Å². The minimum Gasteiger partial charge on any atom is -0.496 e. The Morgan fingerprint density at radius 3 is 2.75 bits per heavy atom. The highest BCUT2D eigenvalue weighted by Gasteiger charge is 2.31. The molecule has 1 aromatic carbocycles. The van der Waals surface area contributed by atoms with Gasteiger partial charge in [0.25, 0.3) is 0 Å². The van der Waals surface area contributed by atoms with E-state index in [1.165, 1.54) is 0 Å². The molecule has 1 saturated carbocycles. The number of carbonyl (C=O) groups is 1. The fraction of sp³-hybridized carbons (Fsp3) is 0.263. The van der Waals surface area contributed by atoms with Gasteiger partial charge in [-0.15, -0.1) is 0 Å². The second-order valence-corrected chi connectivity index (χ2v) is 6.69. The molecule has 1 aromatic heterocycles. The van der Waals surface area contributed by atoms with Crippen molar-refractivity contribution in [3.05, 3.63) is 64.4 Å². The number of methoxy groups -OCH3 is 1. The summed E-state index contributed by atoms with van der Waals surface area (Å²) in [5, 5.41) is 0. The van der Waals surface area contributed by atoms with E-state index in [9.17, 15) is 4.79 Å². The van der Waals surface area contributed by atoms with Crippen LogP contribution in [0.25, 0.3) is 6.08 Å². The Morgan fingerprint density at radius 1 is 1.33 bits per heavy atom. The van der Waals surface area contributed by atoms with Crippen molar-refractivity contribution in [1.29, 1.82) is 0 Å². The summed E-state index contributed by atoms with van der Waals surface area (Å²) < 4.78 is 6.29. The minimum absolute atomic E-state index is 0.0244. The van der Waals surface area contributed by atoms with Gasteiger partial charge in [-0.2, -0.15) is 0 Å². The number of ether oxygens (including phenoxy) is 1. The summed E-state index contributed by atoms with van der Waals surface area (Å²) in [6, 6.07) is 9.97. The molecule has 1 amide bonds. The average Bonchev–Trinajstić information content (AvgIpc) is 3.43. The summed E-state index contributed by atoms with van der Waals surface area (Å²) in [7, 11) is 1.63. The van der Waals surface area contributed by atoms with Gasteiger partial charge >= 0.3 is 0 Å². The maximum atomic E-state index is 12.7. The fourth-order valence-electron chi connectivity index (χ4n) is 2.55. The van der Waals surface area contributed by atoms with Crippen LogP contribution in [0.15, 0.2) is 53.3 Å². The van der Waals surface area contributed by atoms with Crippen LogP contribution < -0.4 is 4.74 Å². The molecule has 0 saturated heterocycles. The number of hydrogen-bond acceptors (Lipinski definition) is 3. The van der Waals surface area contributed by atoms with E-state index in [1.54, 1.807) is 25.6 Å². The van der Waals surface area contributed by atoms with E-state index >= 15 is 0 Å². The Balaban J connectivity index is 1.75. The molecule has 0 radical (unpaired) electrons. The van der Waals surface area contributed by atoms with Crippen molar-refractivity contribution in [1.82, 2.24) is 9.88 Å². The molecular weight excluding hydrogens is 368 g/mol. The van der Waals surface area contributed by atoms with Gasteiger partial charge in [-0.25, -0.2) is 0 Å². The molecule has 1 aliphatic carbocycles. The molecule has 24 heavy (non-hydrogen) atoms. The third-order valence-electron chi connectivity index (χ3n) is 3.97. The second kappa shape index (κ2) is 7.62. The number of rotatable bonds is 6. The predicted molar refractivity (Wildman–Crippen MR) is 97.5 cm³/mol. The van der Waals surface area contributed by atoms with Crippen molar-refractivity contribution >= 4 is 27.9 Å². The average molecular weight is 387 g/mol. The molecule has 0 unspecified atom stereocenters. The van der Waals surface area contributed by atoms with Crippen molar-refractivity contribution in [3.8, 4) is 5.75 Å². The number of hydrogen-bond donors (Lipinski definition) is 0. The maximum absolute atomic E-state index is 12.7. The molecule has 1 heterocycles. The monoisotopic (exact) mass is 386 g/mol. The molecule has 4 nitrogen and oxygen atoms in total. The first-order chi connectivity index (χ1) is 11.7. The van der Waals surface area contributed by atoms with Crippen molar-refractivity contribution in [2.24, 2.45) is 0 Å². The second-order valence-electron chi connectivity index (χ2n) is 5.77. The van der Waals surface area contributed by atoms with Crippen LogP contribution in [0, 0.1) is 0 Å². The molecule has 1 aliphatic rings. The topological polar surface area (TPSA) is 42.4 Å². The molecule has 1 fully saturated rings. The largest absolute Gasteiger partial charge is 0.496 e. The summed E-state index contributed by atoms with van der Waals surface area (Å²) >= 11 is 3.45. The van der Waals surface area contributed by atoms with Crippen molar-refractivity contribution < 1.29 is 9.53 Å². The third-order valence-corrected chi connectivity index (χ3v) is 4.46. The number of nitrogens with zero attached hydrogens (tertiary/aromatic N) is 2. The van der Waals surface area contributed by atoms with Crippen molar-refractivity contribution in [2.45, 2.75) is 25.4 Å². The van der Waals surface area contributed by atoms with Gasteiger partial charge in [0.1, 0.15) is 5.75 Å². The number of aromatic nitrogens is 1. The van der Waals surface area contributed by atoms with Crippen LogP contribution in [0.4, 0.5) is 0 Å². The summed E-state index contributed by atoms with van der Waals surface area (Å²) in [5.41, 5.74) is 1.97. The molecule has 0 N–H and O–H groups in total. The lowest BCUT2D eigenvalue weighted by Crippen LogP contribution is -2.31. The van der Waals surface area contributed by atoms with Crippen LogP contribution in [0.1, 0.15) is 24.0 Å². The van der Waals surface area contributed by atoms with Crippen molar-refractivity contribution in [2.75, 3.05) is 7.11 Å². The Bertz CT molecular complexity index is 742. The van der Waals surface area contributed by atoms with E-state index in [0.717, 1.165) is 34.2 Å². The SMILES string of the molecule is COc1ccc(Br)cc1/C=C/C(=O)N(Cc1ccncc1)C1CC1. The number of pyridine rings is 1. The highest BCUT2D eigenvalue weighted by molar-refractivity contribution is 9.10. The Hall–Kier alpha value is -2.14. The summed E-state index contributed by atoms with van der Waals surface area (Å²) in [6.45, 7) is 0.617. The van der Waals surface area contributed by atoms with Gasteiger partial charge in [0, 0.05) is 41.1 Å². The van der Waals surface area contributed by atoms with Gasteiger partial charge < -0.3 is 9.64 Å². The molecule has 3 rings (SSSR count). The molecule has 0 bridgehead atoms. The predicted octanol–water partition coefficient (Wildman–Crippen LogP) is 4.06. The van der Waals surface area contributed by atoms with Gasteiger partial charge in [0.15, 0.2) is 0 Å². The zero-order chi connectivity index (χ0) is 16.9. The number of carbonyl (C=O) groups excluding carboxylic acids is 1. The van der Waals surface area contributed by atoms with E-state index in [2.05, 4.69) is 20.9 Å². The lowest BCUT2D eigenvalue weighted by molar-refractivity contribution is -0.127. The highest BCUT2D eigenvalue weighted by atomic mass is 79.9. The van der Waals surface area contributed by atoms with Gasteiger partial charge in [-0.1, -0.05) is 15.9 Å². The van der Waals surface area contributed by atoms with E-state index in [-0.39, 0.29) is 5.91 Å². The van der Waals surface area contributed by atoms with Gasteiger partial charge in [-0.05, 0) is 54.8 Å². The Morgan fingerprint density at radius 2 is 2.08 bits per heavy atom. The first-order valence-electron chi connectivity index (χ1n) is 7.88. The zero-order valence-corrected chi connectivity index (χ0v) is 15.1. The summed E-state index contributed by atoms with van der Waals surface area (Å²) in [6.07, 6.45) is 9.10. The molecular formula is C19H19BrN2O2. The van der Waals surface area contributed by atoms with E-state index in [4.69, 9.17) is 4.74 Å². The van der Waals surface area contributed by atoms with Crippen LogP contribution in [-0.2, 0) is 11.3 Å².